The highest BCUT2D eigenvalue weighted by Crippen LogP contribution is 2.54. The predicted octanol–water partition coefficient (Wildman–Crippen LogP) is 3.44. The number of aromatic nitrogens is 4. The molecule has 2 aromatic heterocycles. The van der Waals surface area contributed by atoms with Gasteiger partial charge in [0.15, 0.2) is 11.6 Å². The lowest BCUT2D eigenvalue weighted by Gasteiger charge is -2.04. The number of nitrogens with two attached hydrogens (primary N) is 1. The van der Waals surface area contributed by atoms with Crippen LogP contribution in [0.2, 0.25) is 5.02 Å². The highest BCUT2D eigenvalue weighted by molar-refractivity contribution is 6.33. The third kappa shape index (κ3) is 2.75. The number of hydrogen-bond acceptors (Lipinski definition) is 5. The zero-order valence-electron chi connectivity index (χ0n) is 12.2. The number of benzene rings is 1. The smallest absolute Gasteiger partial charge is 0.197 e. The zero-order chi connectivity index (χ0) is 15.8. The average molecular weight is 324 g/mol. The minimum atomic E-state index is 0.432. The molecule has 1 aromatic carbocycles. The molecule has 114 valence electrons. The van der Waals surface area contributed by atoms with Crippen molar-refractivity contribution in [3.8, 4) is 11.6 Å². The van der Waals surface area contributed by atoms with Crippen LogP contribution < -0.4 is 5.73 Å². The first-order valence-electron chi connectivity index (χ1n) is 7.36. The summed E-state index contributed by atoms with van der Waals surface area (Å²) in [6, 6.07) is 7.62. The molecule has 6 heteroatoms. The maximum absolute atomic E-state index is 5.98. The summed E-state index contributed by atoms with van der Waals surface area (Å²) in [6.07, 6.45) is 8.17. The van der Waals surface area contributed by atoms with E-state index in [1.54, 1.807) is 18.5 Å². The largest absolute Gasteiger partial charge is 0.398 e. The first-order chi connectivity index (χ1) is 11.2. The number of nitrogen functional groups attached to an aromatic ring is 1. The third-order valence-corrected chi connectivity index (χ3v) is 4.45. The van der Waals surface area contributed by atoms with Crippen molar-refractivity contribution in [2.75, 3.05) is 5.73 Å². The molecule has 4 rings (SSSR count). The van der Waals surface area contributed by atoms with Crippen LogP contribution >= 0.6 is 11.6 Å². The van der Waals surface area contributed by atoms with Gasteiger partial charge in [0.05, 0.1) is 10.7 Å². The summed E-state index contributed by atoms with van der Waals surface area (Å²) in [5.74, 6) is 1.97. The number of rotatable bonds is 3. The molecule has 2 heterocycles. The van der Waals surface area contributed by atoms with E-state index in [9.17, 15) is 0 Å². The van der Waals surface area contributed by atoms with Crippen LogP contribution in [0.1, 0.15) is 29.4 Å². The normalized spacial score (nSPS) is 19.5. The first kappa shape index (κ1) is 14.1. The van der Waals surface area contributed by atoms with Gasteiger partial charge in [-0.3, -0.25) is 0 Å². The molecular formula is C17H14ClN5. The molecule has 23 heavy (non-hydrogen) atoms. The molecule has 1 aliphatic rings. The third-order valence-electron chi connectivity index (χ3n) is 4.10. The van der Waals surface area contributed by atoms with Crippen LogP contribution in [0.15, 0.2) is 49.1 Å². The molecule has 2 unspecified atom stereocenters. The Balaban J connectivity index is 1.53. The fraction of sp³-hybridized carbons (Fsp3) is 0.176. The topological polar surface area (TPSA) is 77.6 Å². The van der Waals surface area contributed by atoms with E-state index >= 15 is 0 Å². The van der Waals surface area contributed by atoms with Crippen LogP contribution in [0, 0.1) is 0 Å². The van der Waals surface area contributed by atoms with E-state index in [1.807, 2.05) is 30.6 Å². The molecule has 0 spiro atoms. The fourth-order valence-corrected chi connectivity index (χ4v) is 2.90. The Morgan fingerprint density at radius 1 is 0.913 bits per heavy atom. The monoisotopic (exact) mass is 323 g/mol. The van der Waals surface area contributed by atoms with Gasteiger partial charge >= 0.3 is 0 Å². The quantitative estimate of drug-likeness (QED) is 0.747. The number of nitrogens with zero attached hydrogens (tertiary/aromatic N) is 4. The van der Waals surface area contributed by atoms with Crippen LogP contribution in [0.3, 0.4) is 0 Å². The van der Waals surface area contributed by atoms with Gasteiger partial charge in [0.2, 0.25) is 0 Å². The van der Waals surface area contributed by atoms with Gasteiger partial charge in [0, 0.05) is 24.8 Å². The van der Waals surface area contributed by atoms with Crippen LogP contribution in [-0.2, 0) is 0 Å². The van der Waals surface area contributed by atoms with Gasteiger partial charge in [0.25, 0.3) is 0 Å². The highest BCUT2D eigenvalue weighted by atomic mass is 35.5. The highest BCUT2D eigenvalue weighted by Gasteiger charge is 2.40. The lowest BCUT2D eigenvalue weighted by atomic mass is 10.1. The SMILES string of the molecule is Nc1cc(C2CC2c2cnc(-c3ncccn3)nc2)ccc1Cl. The molecule has 0 bridgehead atoms. The minimum absolute atomic E-state index is 0.432. The van der Waals surface area contributed by atoms with Gasteiger partial charge < -0.3 is 5.73 Å². The number of anilines is 1. The Labute approximate surface area is 138 Å². The van der Waals surface area contributed by atoms with E-state index in [0.717, 1.165) is 12.0 Å². The van der Waals surface area contributed by atoms with Crippen LogP contribution in [-0.4, -0.2) is 19.9 Å². The van der Waals surface area contributed by atoms with Gasteiger partial charge in [0.1, 0.15) is 0 Å². The second kappa shape index (κ2) is 5.59. The molecule has 2 atom stereocenters. The van der Waals surface area contributed by atoms with Crippen molar-refractivity contribution in [2.45, 2.75) is 18.3 Å². The molecule has 5 nitrogen and oxygen atoms in total. The van der Waals surface area contributed by atoms with Crippen molar-refractivity contribution in [1.29, 1.82) is 0 Å². The fourth-order valence-electron chi connectivity index (χ4n) is 2.78. The molecule has 1 fully saturated rings. The van der Waals surface area contributed by atoms with Gasteiger partial charge in [-0.2, -0.15) is 0 Å². The Morgan fingerprint density at radius 2 is 1.57 bits per heavy atom. The standard InChI is InChI=1S/C17H14ClN5/c18-14-3-2-10(6-15(14)19)12-7-13(12)11-8-22-17(23-9-11)16-20-4-1-5-21-16/h1-6,8-9,12-13H,7,19H2. The van der Waals surface area contributed by atoms with Crippen molar-refractivity contribution in [3.63, 3.8) is 0 Å². The molecule has 1 aliphatic carbocycles. The molecule has 0 saturated heterocycles. The summed E-state index contributed by atoms with van der Waals surface area (Å²) < 4.78 is 0. The van der Waals surface area contributed by atoms with Crippen molar-refractivity contribution in [3.05, 3.63) is 65.2 Å². The second-order valence-corrected chi connectivity index (χ2v) is 6.05. The summed E-state index contributed by atoms with van der Waals surface area (Å²) in [5.41, 5.74) is 8.85. The molecular weight excluding hydrogens is 310 g/mol. The lowest BCUT2D eigenvalue weighted by Crippen LogP contribution is -1.96. The summed E-state index contributed by atoms with van der Waals surface area (Å²) in [4.78, 5) is 17.1. The van der Waals surface area contributed by atoms with Gasteiger partial charge in [-0.25, -0.2) is 19.9 Å². The molecule has 1 saturated carbocycles. The van der Waals surface area contributed by atoms with Crippen LogP contribution in [0.5, 0.6) is 0 Å². The molecule has 0 amide bonds. The second-order valence-electron chi connectivity index (χ2n) is 5.64. The minimum Gasteiger partial charge on any atom is -0.398 e. The summed E-state index contributed by atoms with van der Waals surface area (Å²) in [5, 5.41) is 0.599. The summed E-state index contributed by atoms with van der Waals surface area (Å²) >= 11 is 5.98. The van der Waals surface area contributed by atoms with Crippen molar-refractivity contribution in [1.82, 2.24) is 19.9 Å². The Bertz CT molecular complexity index is 835. The predicted molar refractivity (Wildman–Crippen MR) is 89.0 cm³/mol. The summed E-state index contributed by atoms with van der Waals surface area (Å²) in [7, 11) is 0. The van der Waals surface area contributed by atoms with E-state index < -0.39 is 0 Å². The van der Waals surface area contributed by atoms with E-state index in [4.69, 9.17) is 17.3 Å². The Morgan fingerprint density at radius 3 is 2.26 bits per heavy atom. The van der Waals surface area contributed by atoms with E-state index in [-0.39, 0.29) is 0 Å². The molecule has 2 N–H and O–H groups in total. The van der Waals surface area contributed by atoms with Crippen LogP contribution in [0.25, 0.3) is 11.6 Å². The first-order valence-corrected chi connectivity index (χ1v) is 7.74. The Kier molecular flexibility index (Phi) is 3.42. The number of hydrogen-bond donors (Lipinski definition) is 1. The maximum Gasteiger partial charge on any atom is 0.197 e. The van der Waals surface area contributed by atoms with Crippen LogP contribution in [0.4, 0.5) is 5.69 Å². The maximum atomic E-state index is 5.98. The average Bonchev–Trinajstić information content (AvgIpc) is 3.39. The lowest BCUT2D eigenvalue weighted by molar-refractivity contribution is 0.978. The van der Waals surface area contributed by atoms with Crippen molar-refractivity contribution < 1.29 is 0 Å². The molecule has 0 aliphatic heterocycles. The molecule has 3 aromatic rings. The zero-order valence-corrected chi connectivity index (χ0v) is 13.0. The van der Waals surface area contributed by atoms with E-state index in [2.05, 4.69) is 19.9 Å². The van der Waals surface area contributed by atoms with Gasteiger partial charge in [-0.1, -0.05) is 17.7 Å². The van der Waals surface area contributed by atoms with Gasteiger partial charge in [-0.05, 0) is 47.6 Å². The Hall–Kier alpha value is -2.53. The van der Waals surface area contributed by atoms with Crippen molar-refractivity contribution in [2.24, 2.45) is 0 Å². The summed E-state index contributed by atoms with van der Waals surface area (Å²) in [6.45, 7) is 0. The van der Waals surface area contributed by atoms with E-state index in [1.165, 1.54) is 5.56 Å². The molecule has 0 radical (unpaired) electrons. The van der Waals surface area contributed by atoms with E-state index in [0.29, 0.717) is 34.2 Å². The van der Waals surface area contributed by atoms with Gasteiger partial charge in [-0.15, -0.1) is 0 Å². The van der Waals surface area contributed by atoms with Crippen molar-refractivity contribution >= 4 is 17.3 Å². The number of halogens is 1.